The second kappa shape index (κ2) is 3.84. The highest BCUT2D eigenvalue weighted by atomic mass is 32.1. The molecule has 0 aromatic rings. The van der Waals surface area contributed by atoms with Crippen molar-refractivity contribution >= 4 is 12.6 Å². The van der Waals surface area contributed by atoms with Gasteiger partial charge in [0.05, 0.1) is 6.61 Å². The Labute approximate surface area is 67.2 Å². The molecule has 0 saturated heterocycles. The maximum atomic E-state index is 4.97. The maximum absolute atomic E-state index is 4.97. The van der Waals surface area contributed by atoms with Crippen molar-refractivity contribution < 1.29 is 4.74 Å². The number of allylic oxidation sites excluding steroid dienone is 1. The van der Waals surface area contributed by atoms with Crippen LogP contribution in [0.4, 0.5) is 0 Å². The fraction of sp³-hybridized carbons (Fsp3) is 0.500. The zero-order valence-corrected chi connectivity index (χ0v) is 6.97. The molecule has 1 rings (SSSR count). The Hall–Kier alpha value is -0.210. The van der Waals surface area contributed by atoms with Crippen LogP contribution in [0.5, 0.6) is 0 Å². The van der Waals surface area contributed by atoms with Crippen LogP contribution in [0.3, 0.4) is 0 Å². The van der Waals surface area contributed by atoms with Crippen LogP contribution in [0.2, 0.25) is 0 Å². The first kappa shape index (κ1) is 7.89. The molecule has 0 N–H and O–H groups in total. The van der Waals surface area contributed by atoms with Crippen molar-refractivity contribution in [2.45, 2.75) is 11.7 Å². The van der Waals surface area contributed by atoms with Gasteiger partial charge in [0.1, 0.15) is 0 Å². The molecule has 2 heteroatoms. The fourth-order valence-electron chi connectivity index (χ4n) is 0.927. The van der Waals surface area contributed by atoms with Crippen molar-refractivity contribution in [1.29, 1.82) is 0 Å². The van der Waals surface area contributed by atoms with Gasteiger partial charge in [0.15, 0.2) is 0 Å². The van der Waals surface area contributed by atoms with E-state index in [1.165, 1.54) is 5.57 Å². The molecule has 1 unspecified atom stereocenters. The monoisotopic (exact) mass is 156 g/mol. The molecule has 0 aromatic heterocycles. The molecule has 0 amide bonds. The van der Waals surface area contributed by atoms with Gasteiger partial charge in [0, 0.05) is 12.4 Å². The molecule has 0 bridgehead atoms. The summed E-state index contributed by atoms with van der Waals surface area (Å²) < 4.78 is 4.97. The third kappa shape index (κ3) is 2.20. The SMILES string of the molecule is COCC1=CCC(S)C=C1. The van der Waals surface area contributed by atoms with E-state index in [4.69, 9.17) is 4.74 Å². The van der Waals surface area contributed by atoms with Crippen molar-refractivity contribution in [2.75, 3.05) is 13.7 Å². The minimum absolute atomic E-state index is 0.403. The van der Waals surface area contributed by atoms with E-state index in [1.54, 1.807) is 7.11 Å². The lowest BCUT2D eigenvalue weighted by atomic mass is 10.1. The van der Waals surface area contributed by atoms with Gasteiger partial charge in [-0.3, -0.25) is 0 Å². The lowest BCUT2D eigenvalue weighted by molar-refractivity contribution is 0.228. The molecular formula is C8H12OS. The Bertz CT molecular complexity index is 161. The first-order valence-electron chi connectivity index (χ1n) is 3.37. The topological polar surface area (TPSA) is 9.23 Å². The van der Waals surface area contributed by atoms with E-state index in [2.05, 4.69) is 30.9 Å². The average Bonchev–Trinajstić information content (AvgIpc) is 1.95. The Morgan fingerprint density at radius 2 is 2.60 bits per heavy atom. The van der Waals surface area contributed by atoms with Crippen molar-refractivity contribution in [3.05, 3.63) is 23.8 Å². The van der Waals surface area contributed by atoms with E-state index < -0.39 is 0 Å². The summed E-state index contributed by atoms with van der Waals surface area (Å²) in [6, 6.07) is 0. The molecule has 1 aliphatic rings. The lowest BCUT2D eigenvalue weighted by Gasteiger charge is -2.09. The van der Waals surface area contributed by atoms with Gasteiger partial charge in [0.25, 0.3) is 0 Å². The normalized spacial score (nSPS) is 24.6. The molecule has 1 nitrogen and oxygen atoms in total. The van der Waals surface area contributed by atoms with Gasteiger partial charge < -0.3 is 4.74 Å². The van der Waals surface area contributed by atoms with E-state index in [0.717, 1.165) is 13.0 Å². The fourth-order valence-corrected chi connectivity index (χ4v) is 1.12. The van der Waals surface area contributed by atoms with Gasteiger partial charge in [-0.1, -0.05) is 18.2 Å². The van der Waals surface area contributed by atoms with Gasteiger partial charge in [-0.15, -0.1) is 0 Å². The maximum Gasteiger partial charge on any atom is 0.0709 e. The zero-order chi connectivity index (χ0) is 7.40. The Balaban J connectivity index is 2.42. The minimum Gasteiger partial charge on any atom is -0.380 e. The Kier molecular flexibility index (Phi) is 3.03. The number of thiol groups is 1. The number of ether oxygens (including phenoxy) is 1. The molecule has 0 radical (unpaired) electrons. The van der Waals surface area contributed by atoms with Crippen molar-refractivity contribution in [2.24, 2.45) is 0 Å². The minimum atomic E-state index is 0.403. The molecule has 0 fully saturated rings. The summed E-state index contributed by atoms with van der Waals surface area (Å²) in [7, 11) is 1.71. The van der Waals surface area contributed by atoms with Crippen LogP contribution in [-0.4, -0.2) is 19.0 Å². The predicted octanol–water partition coefficient (Wildman–Crippen LogP) is 1.82. The average molecular weight is 156 g/mol. The highest BCUT2D eigenvalue weighted by Crippen LogP contribution is 2.14. The van der Waals surface area contributed by atoms with Gasteiger partial charge >= 0.3 is 0 Å². The summed E-state index contributed by atoms with van der Waals surface area (Å²) >= 11 is 4.30. The molecular weight excluding hydrogens is 144 g/mol. The molecule has 56 valence electrons. The highest BCUT2D eigenvalue weighted by Gasteiger charge is 2.02. The van der Waals surface area contributed by atoms with Crippen LogP contribution in [0, 0.1) is 0 Å². The smallest absolute Gasteiger partial charge is 0.0709 e. The molecule has 0 aromatic carbocycles. The summed E-state index contributed by atoms with van der Waals surface area (Å²) in [4.78, 5) is 0. The van der Waals surface area contributed by atoms with Crippen LogP contribution in [-0.2, 0) is 4.74 Å². The largest absolute Gasteiger partial charge is 0.380 e. The van der Waals surface area contributed by atoms with Crippen LogP contribution >= 0.6 is 12.6 Å². The Morgan fingerprint density at radius 1 is 1.80 bits per heavy atom. The van der Waals surface area contributed by atoms with Crippen LogP contribution in [0.25, 0.3) is 0 Å². The van der Waals surface area contributed by atoms with Gasteiger partial charge in [-0.2, -0.15) is 12.6 Å². The second-order valence-electron chi connectivity index (χ2n) is 2.37. The van der Waals surface area contributed by atoms with Crippen molar-refractivity contribution in [1.82, 2.24) is 0 Å². The molecule has 0 aliphatic heterocycles. The summed E-state index contributed by atoms with van der Waals surface area (Å²) in [6.07, 6.45) is 7.36. The van der Waals surface area contributed by atoms with Crippen LogP contribution in [0.15, 0.2) is 23.8 Å². The first-order valence-corrected chi connectivity index (χ1v) is 3.89. The predicted molar refractivity (Wildman–Crippen MR) is 46.5 cm³/mol. The lowest BCUT2D eigenvalue weighted by Crippen LogP contribution is -2.00. The van der Waals surface area contributed by atoms with Crippen molar-refractivity contribution in [3.63, 3.8) is 0 Å². The summed E-state index contributed by atoms with van der Waals surface area (Å²) in [6.45, 7) is 0.719. The molecule has 10 heavy (non-hydrogen) atoms. The summed E-state index contributed by atoms with van der Waals surface area (Å²) in [5.74, 6) is 0. The van der Waals surface area contributed by atoms with Gasteiger partial charge in [-0.25, -0.2) is 0 Å². The Morgan fingerprint density at radius 3 is 3.10 bits per heavy atom. The third-order valence-electron chi connectivity index (χ3n) is 1.46. The summed E-state index contributed by atoms with van der Waals surface area (Å²) in [5.41, 5.74) is 1.26. The molecule has 1 atom stereocenters. The summed E-state index contributed by atoms with van der Waals surface area (Å²) in [5, 5.41) is 0.403. The molecule has 0 spiro atoms. The highest BCUT2D eigenvalue weighted by molar-refractivity contribution is 7.81. The van der Waals surface area contributed by atoms with Crippen LogP contribution in [0.1, 0.15) is 6.42 Å². The number of methoxy groups -OCH3 is 1. The van der Waals surface area contributed by atoms with E-state index >= 15 is 0 Å². The van der Waals surface area contributed by atoms with E-state index in [-0.39, 0.29) is 0 Å². The van der Waals surface area contributed by atoms with Crippen molar-refractivity contribution in [3.8, 4) is 0 Å². The molecule has 1 aliphatic carbocycles. The second-order valence-corrected chi connectivity index (χ2v) is 3.04. The standard InChI is InChI=1S/C8H12OS/c1-9-6-7-2-4-8(10)5-3-7/h2-4,8,10H,5-6H2,1H3. The number of hydrogen-bond donors (Lipinski definition) is 1. The van der Waals surface area contributed by atoms with Gasteiger partial charge in [0.2, 0.25) is 0 Å². The molecule has 0 heterocycles. The number of rotatable bonds is 2. The van der Waals surface area contributed by atoms with Gasteiger partial charge in [-0.05, 0) is 12.0 Å². The number of hydrogen-bond acceptors (Lipinski definition) is 2. The molecule has 0 saturated carbocycles. The third-order valence-corrected chi connectivity index (χ3v) is 1.85. The van der Waals surface area contributed by atoms with E-state index in [9.17, 15) is 0 Å². The van der Waals surface area contributed by atoms with E-state index in [1.807, 2.05) is 0 Å². The quantitative estimate of drug-likeness (QED) is 0.600. The zero-order valence-electron chi connectivity index (χ0n) is 6.08. The van der Waals surface area contributed by atoms with E-state index in [0.29, 0.717) is 5.25 Å². The first-order chi connectivity index (χ1) is 4.83. The van der Waals surface area contributed by atoms with Crippen LogP contribution < -0.4 is 0 Å².